The zero-order chi connectivity index (χ0) is 21.5. The Labute approximate surface area is 177 Å². The molecular formula is C22H22F2N4O3. The molecule has 3 heterocycles. The van der Waals surface area contributed by atoms with Gasteiger partial charge < -0.3 is 20.1 Å². The van der Waals surface area contributed by atoms with Crippen molar-refractivity contribution >= 4 is 12.0 Å². The molecule has 31 heavy (non-hydrogen) atoms. The number of hydrogen-bond acceptors (Lipinski definition) is 6. The Morgan fingerprint density at radius 2 is 2.10 bits per heavy atom. The van der Waals surface area contributed by atoms with Gasteiger partial charge >= 0.3 is 6.09 Å². The molecule has 0 saturated carbocycles. The molecule has 0 radical (unpaired) electrons. The summed E-state index contributed by atoms with van der Waals surface area (Å²) in [6.07, 6.45) is 0.526. The van der Waals surface area contributed by atoms with E-state index in [0.717, 1.165) is 29.5 Å². The van der Waals surface area contributed by atoms with Gasteiger partial charge in [-0.25, -0.2) is 14.8 Å². The van der Waals surface area contributed by atoms with Crippen molar-refractivity contribution in [3.05, 3.63) is 40.6 Å². The van der Waals surface area contributed by atoms with Gasteiger partial charge in [-0.15, -0.1) is 0 Å². The fourth-order valence-corrected chi connectivity index (χ4v) is 5.27. The first kappa shape index (κ1) is 18.9. The number of anilines is 1. The van der Waals surface area contributed by atoms with E-state index in [2.05, 4.69) is 15.3 Å². The Balaban J connectivity index is 1.45. The lowest BCUT2D eigenvalue weighted by Crippen LogP contribution is -2.59. The molecule has 1 aromatic carbocycles. The number of fused-ring (bicyclic) bond motifs is 3. The van der Waals surface area contributed by atoms with Crippen LogP contribution in [0.4, 0.5) is 19.5 Å². The maximum Gasteiger partial charge on any atom is 0.408 e. The third kappa shape index (κ3) is 2.62. The monoisotopic (exact) mass is 428 g/mol. The van der Waals surface area contributed by atoms with Gasteiger partial charge in [-0.2, -0.15) is 8.78 Å². The van der Waals surface area contributed by atoms with E-state index in [1.165, 1.54) is 0 Å². The highest BCUT2D eigenvalue weighted by Gasteiger charge is 2.47. The lowest BCUT2D eigenvalue weighted by atomic mass is 9.92. The van der Waals surface area contributed by atoms with Gasteiger partial charge in [0.25, 0.3) is 5.92 Å². The Bertz CT molecular complexity index is 1120. The van der Waals surface area contributed by atoms with E-state index in [0.29, 0.717) is 24.4 Å². The molecule has 1 amide bonds. The minimum atomic E-state index is -2.99. The molecule has 1 spiro atoms. The number of halogens is 2. The number of β-amino-alcohol motifs (C(OH)–C–C–N with tert-alkyl or cyclic N) is 1. The van der Waals surface area contributed by atoms with Crippen LogP contribution < -0.4 is 10.2 Å². The molecule has 0 unspecified atom stereocenters. The number of ether oxygens (including phenoxy) is 1. The first-order chi connectivity index (χ1) is 14.8. The van der Waals surface area contributed by atoms with Crippen LogP contribution >= 0.6 is 0 Å². The van der Waals surface area contributed by atoms with Crippen molar-refractivity contribution in [1.82, 2.24) is 15.3 Å². The van der Waals surface area contributed by atoms with E-state index in [-0.39, 0.29) is 30.5 Å². The maximum absolute atomic E-state index is 14.6. The van der Waals surface area contributed by atoms with Gasteiger partial charge in [0.2, 0.25) is 5.95 Å². The molecule has 7 nitrogen and oxygen atoms in total. The maximum atomic E-state index is 14.6. The van der Waals surface area contributed by atoms with Crippen molar-refractivity contribution in [3.8, 4) is 11.3 Å². The van der Waals surface area contributed by atoms with Crippen LogP contribution in [-0.2, 0) is 29.0 Å². The molecule has 2 aromatic rings. The summed E-state index contributed by atoms with van der Waals surface area (Å²) >= 11 is 0. The normalized spacial score (nSPS) is 30.1. The van der Waals surface area contributed by atoms with Crippen LogP contribution in [0.1, 0.15) is 42.1 Å². The number of aliphatic hydroxyl groups is 1. The van der Waals surface area contributed by atoms with E-state index in [1.54, 1.807) is 4.90 Å². The van der Waals surface area contributed by atoms with Crippen molar-refractivity contribution in [1.29, 1.82) is 0 Å². The number of nitrogens with one attached hydrogen (secondary N) is 1. The number of rotatable bonds is 2. The molecule has 2 N–H and O–H groups in total. The highest BCUT2D eigenvalue weighted by Crippen LogP contribution is 2.46. The molecule has 6 rings (SSSR count). The SMILES string of the molecule is C[C@H]1[C@H](O)CN1c1nc(-c2ccc3c(c2)CC[C@@]32COC(=O)N2)c2c(n1)C(F)(F)CC2. The number of aliphatic hydroxyl groups excluding tert-OH is 1. The number of amides is 1. The number of hydrogen-bond donors (Lipinski definition) is 2. The Morgan fingerprint density at radius 3 is 2.81 bits per heavy atom. The molecule has 1 aromatic heterocycles. The second-order valence-corrected chi connectivity index (χ2v) is 9.02. The highest BCUT2D eigenvalue weighted by molar-refractivity contribution is 5.73. The number of aromatic nitrogens is 2. The van der Waals surface area contributed by atoms with Gasteiger partial charge in [-0.3, -0.25) is 0 Å². The average molecular weight is 428 g/mol. The summed E-state index contributed by atoms with van der Waals surface area (Å²) in [5, 5.41) is 12.8. The summed E-state index contributed by atoms with van der Waals surface area (Å²) in [5.41, 5.74) is 3.17. The summed E-state index contributed by atoms with van der Waals surface area (Å²) in [5.74, 6) is -2.75. The fraction of sp³-hybridized carbons (Fsp3) is 0.500. The predicted molar refractivity (Wildman–Crippen MR) is 107 cm³/mol. The van der Waals surface area contributed by atoms with Crippen LogP contribution in [0.15, 0.2) is 18.2 Å². The molecular weight excluding hydrogens is 406 g/mol. The van der Waals surface area contributed by atoms with Crippen molar-refractivity contribution < 1.29 is 23.4 Å². The number of nitrogens with zero attached hydrogens (tertiary/aromatic N) is 3. The molecule has 9 heteroatoms. The minimum absolute atomic E-state index is 0.200. The van der Waals surface area contributed by atoms with Crippen molar-refractivity contribution in [3.63, 3.8) is 0 Å². The van der Waals surface area contributed by atoms with Crippen LogP contribution in [0.5, 0.6) is 0 Å². The molecule has 162 valence electrons. The summed E-state index contributed by atoms with van der Waals surface area (Å²) in [6.45, 7) is 2.46. The number of aryl methyl sites for hydroxylation is 1. The van der Waals surface area contributed by atoms with Crippen molar-refractivity contribution in [2.75, 3.05) is 18.1 Å². The smallest absolute Gasteiger partial charge is 0.408 e. The molecule has 2 fully saturated rings. The Hall–Kier alpha value is -2.81. The third-order valence-electron chi connectivity index (χ3n) is 7.23. The lowest BCUT2D eigenvalue weighted by molar-refractivity contribution is -0.00603. The number of alkyl carbamates (subject to hydrolysis) is 1. The number of benzene rings is 1. The molecule has 4 aliphatic rings. The van der Waals surface area contributed by atoms with Gasteiger partial charge in [0.1, 0.15) is 17.8 Å². The summed E-state index contributed by atoms with van der Waals surface area (Å²) in [6, 6.07) is 5.61. The lowest BCUT2D eigenvalue weighted by Gasteiger charge is -2.43. The van der Waals surface area contributed by atoms with Gasteiger partial charge in [0.05, 0.1) is 17.8 Å². The Morgan fingerprint density at radius 1 is 1.26 bits per heavy atom. The van der Waals surface area contributed by atoms with Gasteiger partial charge in [0, 0.05) is 24.1 Å². The predicted octanol–water partition coefficient (Wildman–Crippen LogP) is 2.63. The number of cyclic esters (lactones) is 1. The second kappa shape index (κ2) is 6.12. The third-order valence-corrected chi connectivity index (χ3v) is 7.23. The number of alkyl halides is 2. The van der Waals surface area contributed by atoms with E-state index in [9.17, 15) is 18.7 Å². The standard InChI is InChI=1S/C22H22F2N4O3/c1-11-16(29)9-28(11)19-25-17(14-5-7-22(23,24)18(14)26-19)13-2-3-15-12(8-13)4-6-21(15)10-31-20(30)27-21/h2-3,8,11,16,29H,4-7,9-10H2,1H3,(H,27,30)/t11-,16+,21+/m0/s1. The van der Waals surface area contributed by atoms with Gasteiger partial charge in [0.15, 0.2) is 0 Å². The number of carbonyl (C=O) groups excluding carboxylic acids is 1. The van der Waals surface area contributed by atoms with Crippen molar-refractivity contribution in [2.45, 2.75) is 56.2 Å². The van der Waals surface area contributed by atoms with Crippen LogP contribution in [0.2, 0.25) is 0 Å². The molecule has 2 aliphatic heterocycles. The topological polar surface area (TPSA) is 87.6 Å². The Kier molecular flexibility index (Phi) is 3.74. The van der Waals surface area contributed by atoms with E-state index in [4.69, 9.17) is 4.74 Å². The molecule has 3 atom stereocenters. The summed E-state index contributed by atoms with van der Waals surface area (Å²) in [7, 11) is 0. The van der Waals surface area contributed by atoms with Crippen molar-refractivity contribution in [2.24, 2.45) is 0 Å². The zero-order valence-electron chi connectivity index (χ0n) is 17.0. The van der Waals surface area contributed by atoms with Crippen LogP contribution in [0.25, 0.3) is 11.3 Å². The second-order valence-electron chi connectivity index (χ2n) is 9.02. The number of carbonyl (C=O) groups is 1. The van der Waals surface area contributed by atoms with E-state index >= 15 is 0 Å². The van der Waals surface area contributed by atoms with Crippen LogP contribution in [0.3, 0.4) is 0 Å². The largest absolute Gasteiger partial charge is 0.447 e. The zero-order valence-corrected chi connectivity index (χ0v) is 17.0. The summed E-state index contributed by atoms with van der Waals surface area (Å²) < 4.78 is 34.4. The average Bonchev–Trinajstić information content (AvgIpc) is 3.41. The van der Waals surface area contributed by atoms with Crippen LogP contribution in [0, 0.1) is 0 Å². The quantitative estimate of drug-likeness (QED) is 0.765. The van der Waals surface area contributed by atoms with Crippen LogP contribution in [-0.4, -0.2) is 46.5 Å². The molecule has 2 saturated heterocycles. The highest BCUT2D eigenvalue weighted by atomic mass is 19.3. The minimum Gasteiger partial charge on any atom is -0.447 e. The van der Waals surface area contributed by atoms with E-state index < -0.39 is 23.7 Å². The molecule has 0 bridgehead atoms. The van der Waals surface area contributed by atoms with Gasteiger partial charge in [-0.05, 0) is 43.4 Å². The molecule has 2 aliphatic carbocycles. The first-order valence-corrected chi connectivity index (χ1v) is 10.6. The van der Waals surface area contributed by atoms with E-state index in [1.807, 2.05) is 25.1 Å². The van der Waals surface area contributed by atoms with Gasteiger partial charge in [-0.1, -0.05) is 12.1 Å². The first-order valence-electron chi connectivity index (χ1n) is 10.6. The fourth-order valence-electron chi connectivity index (χ4n) is 5.27. The summed E-state index contributed by atoms with van der Waals surface area (Å²) in [4.78, 5) is 22.3.